The SMILES string of the molecule is C[C@H](O)c1ccc(N(C)Cc2ccco2)c(F)c1. The van der Waals surface area contributed by atoms with Crippen molar-refractivity contribution in [3.8, 4) is 0 Å². The molecule has 0 radical (unpaired) electrons. The Morgan fingerprint density at radius 3 is 2.72 bits per heavy atom. The zero-order valence-corrected chi connectivity index (χ0v) is 10.4. The highest BCUT2D eigenvalue weighted by Crippen LogP contribution is 2.23. The van der Waals surface area contributed by atoms with Gasteiger partial charge in [0.1, 0.15) is 11.6 Å². The highest BCUT2D eigenvalue weighted by atomic mass is 19.1. The first kappa shape index (κ1) is 12.6. The summed E-state index contributed by atoms with van der Waals surface area (Å²) in [6.07, 6.45) is 0.930. The van der Waals surface area contributed by atoms with Crippen LogP contribution in [0.25, 0.3) is 0 Å². The third-order valence-corrected chi connectivity index (χ3v) is 2.84. The summed E-state index contributed by atoms with van der Waals surface area (Å²) < 4.78 is 19.1. The molecule has 4 heteroatoms. The number of anilines is 1. The maximum Gasteiger partial charge on any atom is 0.146 e. The molecule has 1 aromatic carbocycles. The third kappa shape index (κ3) is 2.71. The maximum atomic E-state index is 13.9. The zero-order chi connectivity index (χ0) is 13.1. The van der Waals surface area contributed by atoms with Gasteiger partial charge in [-0.25, -0.2) is 4.39 Å². The van der Waals surface area contributed by atoms with Crippen LogP contribution >= 0.6 is 0 Å². The number of rotatable bonds is 4. The number of aliphatic hydroxyl groups is 1. The van der Waals surface area contributed by atoms with Gasteiger partial charge in [-0.1, -0.05) is 6.07 Å². The Hall–Kier alpha value is -1.81. The second-order valence-electron chi connectivity index (χ2n) is 4.32. The van der Waals surface area contributed by atoms with E-state index >= 15 is 0 Å². The van der Waals surface area contributed by atoms with Crippen LogP contribution in [0, 0.1) is 5.82 Å². The standard InChI is InChI=1S/C14H16FNO2/c1-10(17)11-5-6-14(13(15)8-11)16(2)9-12-4-3-7-18-12/h3-8,10,17H,9H2,1-2H3/t10-/m0/s1. The van der Waals surface area contributed by atoms with Gasteiger partial charge in [-0.15, -0.1) is 0 Å². The van der Waals surface area contributed by atoms with Crippen molar-refractivity contribution in [3.63, 3.8) is 0 Å². The fourth-order valence-corrected chi connectivity index (χ4v) is 1.81. The number of aliphatic hydroxyl groups excluding tert-OH is 1. The number of hydrogen-bond donors (Lipinski definition) is 1. The molecule has 0 spiro atoms. The Bertz CT molecular complexity index is 509. The Balaban J connectivity index is 2.17. The normalized spacial score (nSPS) is 12.4. The molecule has 1 atom stereocenters. The highest BCUT2D eigenvalue weighted by Gasteiger charge is 2.11. The van der Waals surface area contributed by atoms with E-state index in [1.165, 1.54) is 6.07 Å². The van der Waals surface area contributed by atoms with Crippen LogP contribution in [-0.4, -0.2) is 12.2 Å². The number of hydrogen-bond acceptors (Lipinski definition) is 3. The van der Waals surface area contributed by atoms with Crippen molar-refractivity contribution in [1.82, 2.24) is 0 Å². The zero-order valence-electron chi connectivity index (χ0n) is 10.4. The van der Waals surface area contributed by atoms with E-state index in [4.69, 9.17) is 4.42 Å². The molecule has 0 unspecified atom stereocenters. The first-order valence-electron chi connectivity index (χ1n) is 5.79. The van der Waals surface area contributed by atoms with Gasteiger partial charge in [0.2, 0.25) is 0 Å². The molecule has 0 aliphatic rings. The van der Waals surface area contributed by atoms with Crippen LogP contribution in [0.15, 0.2) is 41.0 Å². The van der Waals surface area contributed by atoms with Gasteiger partial charge in [0, 0.05) is 7.05 Å². The first-order chi connectivity index (χ1) is 8.58. The minimum absolute atomic E-state index is 0.345. The summed E-state index contributed by atoms with van der Waals surface area (Å²) in [4.78, 5) is 1.76. The van der Waals surface area contributed by atoms with Gasteiger partial charge in [0.15, 0.2) is 0 Å². The molecule has 0 fully saturated rings. The van der Waals surface area contributed by atoms with Gasteiger partial charge in [-0.3, -0.25) is 0 Å². The summed E-state index contributed by atoms with van der Waals surface area (Å²) >= 11 is 0. The quantitative estimate of drug-likeness (QED) is 0.904. The Labute approximate surface area is 105 Å². The molecular formula is C14H16FNO2. The minimum atomic E-state index is -0.663. The fourth-order valence-electron chi connectivity index (χ4n) is 1.81. The topological polar surface area (TPSA) is 36.6 Å². The van der Waals surface area contributed by atoms with Crippen molar-refractivity contribution in [3.05, 3.63) is 53.7 Å². The smallest absolute Gasteiger partial charge is 0.146 e. The number of furan rings is 1. The Kier molecular flexibility index (Phi) is 3.67. The van der Waals surface area contributed by atoms with Crippen molar-refractivity contribution in [1.29, 1.82) is 0 Å². The first-order valence-corrected chi connectivity index (χ1v) is 5.79. The molecule has 96 valence electrons. The summed E-state index contributed by atoms with van der Waals surface area (Å²) in [7, 11) is 1.79. The summed E-state index contributed by atoms with van der Waals surface area (Å²) in [5.74, 6) is 0.430. The Morgan fingerprint density at radius 1 is 1.39 bits per heavy atom. The summed E-state index contributed by atoms with van der Waals surface area (Å²) in [6, 6.07) is 8.40. The fraction of sp³-hybridized carbons (Fsp3) is 0.286. The molecule has 0 amide bonds. The van der Waals surface area contributed by atoms with E-state index in [9.17, 15) is 9.50 Å². The Morgan fingerprint density at radius 2 is 2.17 bits per heavy atom. The molecular weight excluding hydrogens is 233 g/mol. The molecule has 2 rings (SSSR count). The molecule has 0 aliphatic carbocycles. The van der Waals surface area contributed by atoms with E-state index in [0.29, 0.717) is 17.8 Å². The van der Waals surface area contributed by atoms with Gasteiger partial charge in [-0.2, -0.15) is 0 Å². The van der Waals surface area contributed by atoms with Gasteiger partial charge >= 0.3 is 0 Å². The minimum Gasteiger partial charge on any atom is -0.467 e. The number of benzene rings is 1. The van der Waals surface area contributed by atoms with Crippen LogP contribution in [0.1, 0.15) is 24.4 Å². The number of halogens is 1. The average Bonchev–Trinajstić information content (AvgIpc) is 2.81. The van der Waals surface area contributed by atoms with Crippen LogP contribution in [0.4, 0.5) is 10.1 Å². The molecule has 3 nitrogen and oxygen atoms in total. The van der Waals surface area contributed by atoms with E-state index < -0.39 is 6.10 Å². The van der Waals surface area contributed by atoms with E-state index in [-0.39, 0.29) is 5.82 Å². The lowest BCUT2D eigenvalue weighted by atomic mass is 10.1. The second-order valence-corrected chi connectivity index (χ2v) is 4.32. The molecule has 0 aliphatic heterocycles. The molecule has 1 N–H and O–H groups in total. The lowest BCUT2D eigenvalue weighted by Gasteiger charge is -2.19. The van der Waals surface area contributed by atoms with Crippen LogP contribution in [0.2, 0.25) is 0 Å². The predicted octanol–water partition coefficient (Wildman–Crippen LogP) is 3.11. The van der Waals surface area contributed by atoms with Crippen LogP contribution in [0.5, 0.6) is 0 Å². The molecule has 1 heterocycles. The summed E-state index contributed by atoms with van der Waals surface area (Å²) in [5, 5.41) is 9.39. The summed E-state index contributed by atoms with van der Waals surface area (Å²) in [5.41, 5.74) is 1.05. The van der Waals surface area contributed by atoms with E-state index in [1.807, 2.05) is 6.07 Å². The molecule has 0 saturated carbocycles. The van der Waals surface area contributed by atoms with Crippen LogP contribution in [0.3, 0.4) is 0 Å². The van der Waals surface area contributed by atoms with Gasteiger partial charge in [-0.05, 0) is 36.8 Å². The van der Waals surface area contributed by atoms with Crippen molar-refractivity contribution in [2.45, 2.75) is 19.6 Å². The van der Waals surface area contributed by atoms with E-state index in [2.05, 4.69) is 0 Å². The van der Waals surface area contributed by atoms with Crippen molar-refractivity contribution in [2.24, 2.45) is 0 Å². The molecule has 0 bridgehead atoms. The van der Waals surface area contributed by atoms with Crippen LogP contribution < -0.4 is 4.90 Å². The number of nitrogens with zero attached hydrogens (tertiary/aromatic N) is 1. The van der Waals surface area contributed by atoms with E-state index in [0.717, 1.165) is 5.76 Å². The molecule has 18 heavy (non-hydrogen) atoms. The van der Waals surface area contributed by atoms with Crippen molar-refractivity contribution >= 4 is 5.69 Å². The molecule has 0 saturated heterocycles. The predicted molar refractivity (Wildman–Crippen MR) is 67.8 cm³/mol. The van der Waals surface area contributed by atoms with Crippen LogP contribution in [-0.2, 0) is 6.54 Å². The van der Waals surface area contributed by atoms with Crippen molar-refractivity contribution < 1.29 is 13.9 Å². The molecule has 2 aromatic rings. The monoisotopic (exact) mass is 249 g/mol. The maximum absolute atomic E-state index is 13.9. The van der Waals surface area contributed by atoms with Gasteiger partial charge < -0.3 is 14.4 Å². The lowest BCUT2D eigenvalue weighted by molar-refractivity contribution is 0.199. The van der Waals surface area contributed by atoms with E-state index in [1.54, 1.807) is 43.3 Å². The van der Waals surface area contributed by atoms with Gasteiger partial charge in [0.25, 0.3) is 0 Å². The van der Waals surface area contributed by atoms with Crippen molar-refractivity contribution in [2.75, 3.05) is 11.9 Å². The summed E-state index contributed by atoms with van der Waals surface area (Å²) in [6.45, 7) is 2.11. The largest absolute Gasteiger partial charge is 0.467 e. The highest BCUT2D eigenvalue weighted by molar-refractivity contribution is 5.48. The second kappa shape index (κ2) is 5.23. The molecule has 1 aromatic heterocycles. The lowest BCUT2D eigenvalue weighted by Crippen LogP contribution is -2.17. The van der Waals surface area contributed by atoms with Gasteiger partial charge in [0.05, 0.1) is 24.6 Å². The average molecular weight is 249 g/mol. The third-order valence-electron chi connectivity index (χ3n) is 2.84.